The van der Waals surface area contributed by atoms with Gasteiger partial charge in [-0.25, -0.2) is 9.48 Å². The molecule has 0 bridgehead atoms. The largest absolute Gasteiger partial charge is 0.505 e. The molecular formula is C30H24N6O5. The summed E-state index contributed by atoms with van der Waals surface area (Å²) in [4.78, 5) is 38.4. The third-order valence-electron chi connectivity index (χ3n) is 6.21. The second kappa shape index (κ2) is 11.5. The summed E-state index contributed by atoms with van der Waals surface area (Å²) in [5.41, 5.74) is 1.42. The first kappa shape index (κ1) is 26.8. The first-order chi connectivity index (χ1) is 19.9. The van der Waals surface area contributed by atoms with Crippen LogP contribution in [-0.2, 0) is 11.8 Å². The number of benzene rings is 4. The number of rotatable bonds is 7. The predicted molar refractivity (Wildman–Crippen MR) is 153 cm³/mol. The van der Waals surface area contributed by atoms with Crippen LogP contribution < -0.4 is 10.6 Å². The number of amides is 2. The topological polar surface area (TPSA) is 147 Å². The van der Waals surface area contributed by atoms with Crippen molar-refractivity contribution in [3.05, 3.63) is 108 Å². The third-order valence-corrected chi connectivity index (χ3v) is 6.21. The molecule has 41 heavy (non-hydrogen) atoms. The van der Waals surface area contributed by atoms with Gasteiger partial charge in [0.15, 0.2) is 11.6 Å². The number of nitrogens with zero attached hydrogens (tertiary/aromatic N) is 4. The second-order valence-corrected chi connectivity index (χ2v) is 8.89. The summed E-state index contributed by atoms with van der Waals surface area (Å²) in [6, 6.07) is 24.0. The molecule has 4 aromatic carbocycles. The van der Waals surface area contributed by atoms with Crippen molar-refractivity contribution in [2.75, 3.05) is 17.7 Å². The fourth-order valence-corrected chi connectivity index (χ4v) is 4.14. The number of hydrogen-bond acceptors (Lipinski definition) is 8. The number of aromatic nitrogens is 2. The quantitative estimate of drug-likeness (QED) is 0.168. The molecule has 1 heterocycles. The first-order valence-corrected chi connectivity index (χ1v) is 12.4. The zero-order chi connectivity index (χ0) is 28.9. The zero-order valence-corrected chi connectivity index (χ0v) is 22.0. The minimum absolute atomic E-state index is 0.0345. The molecule has 11 nitrogen and oxygen atoms in total. The van der Waals surface area contributed by atoms with Gasteiger partial charge in [-0.2, -0.15) is 5.10 Å². The van der Waals surface area contributed by atoms with Crippen molar-refractivity contribution in [3.63, 3.8) is 0 Å². The molecule has 3 N–H and O–H groups in total. The molecule has 0 aliphatic heterocycles. The fraction of sp³-hybridized carbons (Fsp3) is 0.0667. The van der Waals surface area contributed by atoms with Crippen molar-refractivity contribution in [3.8, 4) is 5.75 Å². The van der Waals surface area contributed by atoms with Gasteiger partial charge in [0, 0.05) is 29.4 Å². The molecule has 5 rings (SSSR count). The molecule has 0 fully saturated rings. The van der Waals surface area contributed by atoms with Gasteiger partial charge in [-0.3, -0.25) is 9.59 Å². The van der Waals surface area contributed by atoms with Gasteiger partial charge in [-0.1, -0.05) is 42.5 Å². The number of azo groups is 1. The van der Waals surface area contributed by atoms with Crippen molar-refractivity contribution in [2.45, 2.75) is 0 Å². The maximum Gasteiger partial charge on any atom is 0.343 e. The van der Waals surface area contributed by atoms with Crippen LogP contribution in [0, 0.1) is 0 Å². The second-order valence-electron chi connectivity index (χ2n) is 8.89. The van der Waals surface area contributed by atoms with Crippen molar-refractivity contribution < 1.29 is 24.2 Å². The molecule has 0 atom stereocenters. The molecular weight excluding hydrogens is 524 g/mol. The molecule has 0 saturated carbocycles. The lowest BCUT2D eigenvalue weighted by Crippen LogP contribution is -2.13. The van der Waals surface area contributed by atoms with Gasteiger partial charge in [0.1, 0.15) is 11.3 Å². The van der Waals surface area contributed by atoms with Gasteiger partial charge >= 0.3 is 5.97 Å². The summed E-state index contributed by atoms with van der Waals surface area (Å²) in [6.45, 7) is 0. The van der Waals surface area contributed by atoms with E-state index in [0.29, 0.717) is 27.7 Å². The number of anilines is 2. The summed E-state index contributed by atoms with van der Waals surface area (Å²) < 4.78 is 6.11. The normalized spacial score (nSPS) is 11.0. The van der Waals surface area contributed by atoms with Crippen LogP contribution in [0.4, 0.5) is 22.9 Å². The highest BCUT2D eigenvalue weighted by Gasteiger charge is 2.21. The van der Waals surface area contributed by atoms with E-state index in [1.807, 2.05) is 24.3 Å². The minimum Gasteiger partial charge on any atom is -0.505 e. The van der Waals surface area contributed by atoms with E-state index in [-0.39, 0.29) is 28.5 Å². The molecule has 0 aliphatic carbocycles. The molecule has 0 unspecified atom stereocenters. The fourth-order valence-electron chi connectivity index (χ4n) is 4.14. The Labute approximate surface area is 234 Å². The number of para-hydroxylation sites is 2. The highest BCUT2D eigenvalue weighted by molar-refractivity contribution is 6.13. The third kappa shape index (κ3) is 5.64. The summed E-state index contributed by atoms with van der Waals surface area (Å²) in [5, 5.41) is 30.1. The van der Waals surface area contributed by atoms with Gasteiger partial charge < -0.3 is 20.5 Å². The van der Waals surface area contributed by atoms with E-state index in [4.69, 9.17) is 4.74 Å². The number of carbonyl (C=O) groups is 3. The lowest BCUT2D eigenvalue weighted by atomic mass is 10.0. The number of fused-ring (bicyclic) bond motifs is 1. The molecule has 5 aromatic rings. The van der Waals surface area contributed by atoms with Gasteiger partial charge in [0.05, 0.1) is 18.9 Å². The van der Waals surface area contributed by atoms with Crippen molar-refractivity contribution in [1.29, 1.82) is 0 Å². The lowest BCUT2D eigenvalue weighted by molar-refractivity contribution is 0.0601. The Morgan fingerprint density at radius 3 is 2.10 bits per heavy atom. The smallest absolute Gasteiger partial charge is 0.343 e. The number of aryl methyl sites for hydroxylation is 1. The molecule has 204 valence electrons. The molecule has 1 aromatic heterocycles. The van der Waals surface area contributed by atoms with E-state index in [0.717, 1.165) is 0 Å². The Balaban J connectivity index is 1.61. The highest BCUT2D eigenvalue weighted by atomic mass is 16.5. The lowest BCUT2D eigenvalue weighted by Gasteiger charge is -2.12. The highest BCUT2D eigenvalue weighted by Crippen LogP contribution is 2.40. The monoisotopic (exact) mass is 548 g/mol. The van der Waals surface area contributed by atoms with Crippen LogP contribution >= 0.6 is 0 Å². The number of methoxy groups -OCH3 is 1. The molecule has 2 amide bonds. The van der Waals surface area contributed by atoms with E-state index in [1.165, 1.54) is 24.1 Å². The molecule has 0 spiro atoms. The van der Waals surface area contributed by atoms with E-state index >= 15 is 0 Å². The van der Waals surface area contributed by atoms with Crippen LogP contribution in [0.25, 0.3) is 10.8 Å². The van der Waals surface area contributed by atoms with Gasteiger partial charge in [-0.15, -0.1) is 10.2 Å². The van der Waals surface area contributed by atoms with Crippen LogP contribution in [0.5, 0.6) is 5.75 Å². The Bertz CT molecular complexity index is 1800. The Morgan fingerprint density at radius 2 is 1.46 bits per heavy atom. The summed E-state index contributed by atoms with van der Waals surface area (Å²) in [7, 11) is 2.80. The minimum atomic E-state index is -0.661. The Kier molecular flexibility index (Phi) is 7.50. The number of nitrogens with one attached hydrogen (secondary N) is 2. The zero-order valence-electron chi connectivity index (χ0n) is 22.0. The molecule has 11 heteroatoms. The average Bonchev–Trinajstić information content (AvgIpc) is 3.36. The number of hydrogen-bond donors (Lipinski definition) is 3. The van der Waals surface area contributed by atoms with Crippen LogP contribution in [0.15, 0.2) is 101 Å². The van der Waals surface area contributed by atoms with Gasteiger partial charge in [0.25, 0.3) is 11.8 Å². The van der Waals surface area contributed by atoms with E-state index in [2.05, 4.69) is 26.0 Å². The standard InChI is InChI=1S/C30H24N6O5/c1-36-27(24(17-31-36)30(40)41-2)35-34-25-22-14-13-18(28(38)32-20-9-5-3-6-10-20)15-19(22)16-23(26(25)37)29(39)33-21-11-7-4-8-12-21/h3-17,37H,1-2H3,(H,32,38)(H,33,39). The Morgan fingerprint density at radius 1 is 0.829 bits per heavy atom. The maximum absolute atomic E-state index is 13.3. The number of esters is 1. The summed E-state index contributed by atoms with van der Waals surface area (Å²) in [6.07, 6.45) is 1.29. The number of aromatic hydroxyl groups is 1. The first-order valence-electron chi connectivity index (χ1n) is 12.4. The predicted octanol–water partition coefficient (Wildman–Crippen LogP) is 5.99. The van der Waals surface area contributed by atoms with Crippen LogP contribution in [0.3, 0.4) is 0 Å². The summed E-state index contributed by atoms with van der Waals surface area (Å²) >= 11 is 0. The number of carbonyl (C=O) groups excluding carboxylic acids is 3. The Hall–Kier alpha value is -5.84. The van der Waals surface area contributed by atoms with Gasteiger partial charge in [-0.05, 0) is 47.9 Å². The molecule has 0 saturated heterocycles. The van der Waals surface area contributed by atoms with E-state index in [9.17, 15) is 19.5 Å². The van der Waals surface area contributed by atoms with Crippen molar-refractivity contribution >= 4 is 51.4 Å². The summed E-state index contributed by atoms with van der Waals surface area (Å²) in [5.74, 6) is -1.96. The number of phenols is 1. The van der Waals surface area contributed by atoms with E-state index < -0.39 is 17.6 Å². The number of ether oxygens (including phenoxy) is 1. The van der Waals surface area contributed by atoms with Crippen LogP contribution in [0.2, 0.25) is 0 Å². The maximum atomic E-state index is 13.3. The number of phenolic OH excluding ortho intramolecular Hbond substituents is 1. The van der Waals surface area contributed by atoms with Gasteiger partial charge in [0.2, 0.25) is 0 Å². The molecule has 0 aliphatic rings. The SMILES string of the molecule is COC(=O)c1cnn(C)c1N=Nc1c(O)c(C(=O)Nc2ccccc2)cc2cc(C(=O)Nc3ccccc3)ccc12. The van der Waals surface area contributed by atoms with Crippen molar-refractivity contribution in [2.24, 2.45) is 17.3 Å². The van der Waals surface area contributed by atoms with Crippen molar-refractivity contribution in [1.82, 2.24) is 9.78 Å². The van der Waals surface area contributed by atoms with Crippen LogP contribution in [0.1, 0.15) is 31.1 Å². The average molecular weight is 549 g/mol. The van der Waals surface area contributed by atoms with E-state index in [1.54, 1.807) is 61.6 Å². The molecule has 0 radical (unpaired) electrons. The van der Waals surface area contributed by atoms with Crippen LogP contribution in [-0.4, -0.2) is 39.8 Å².